The predicted octanol–water partition coefficient (Wildman–Crippen LogP) is 9.47. The molecule has 0 N–H and O–H groups in total. The van der Waals surface area contributed by atoms with E-state index < -0.39 is 0 Å². The molecule has 1 heteroatoms. The fraction of sp³-hybridized carbons (Fsp3) is 0.594. The lowest BCUT2D eigenvalue weighted by atomic mass is 9.77. The number of rotatable bonds is 11. The molecule has 1 aromatic carbocycles. The number of hydrogen-bond donors (Lipinski definition) is 0. The molecule has 3 rings (SSSR count). The molecule has 0 bridgehead atoms. The van der Waals surface area contributed by atoms with Crippen LogP contribution in [0.2, 0.25) is 0 Å². The molecule has 2 aliphatic rings. The van der Waals surface area contributed by atoms with Gasteiger partial charge in [-0.25, -0.2) is 0 Å². The van der Waals surface area contributed by atoms with Crippen LogP contribution in [0.25, 0.3) is 0 Å². The third-order valence-electron chi connectivity index (χ3n) is 7.93. The lowest BCUT2D eigenvalue weighted by molar-refractivity contribution is 0.348. The molecule has 1 aromatic rings. The second-order valence-corrected chi connectivity index (χ2v) is 10.5. The van der Waals surface area contributed by atoms with Crippen molar-refractivity contribution in [2.75, 3.05) is 0 Å². The lowest BCUT2D eigenvalue weighted by Gasteiger charge is -2.28. The highest BCUT2D eigenvalue weighted by Gasteiger charge is 2.22. The van der Waals surface area contributed by atoms with Crippen molar-refractivity contribution in [2.45, 2.75) is 103 Å². The Morgan fingerprint density at radius 1 is 0.727 bits per heavy atom. The molecule has 2 fully saturated rings. The van der Waals surface area contributed by atoms with Gasteiger partial charge in [0, 0.05) is 6.08 Å². The molecule has 0 aromatic heterocycles. The van der Waals surface area contributed by atoms with Crippen LogP contribution in [0.1, 0.15) is 107 Å². The van der Waals surface area contributed by atoms with Crippen molar-refractivity contribution in [1.82, 2.24) is 0 Å². The summed E-state index contributed by atoms with van der Waals surface area (Å²) in [6.45, 7) is 2.29. The Kier molecular flexibility index (Phi) is 11.6. The van der Waals surface area contributed by atoms with Crippen LogP contribution in [-0.2, 0) is 6.42 Å². The number of nitrogens with zero attached hydrogens (tertiary/aromatic N) is 1. The van der Waals surface area contributed by atoms with Gasteiger partial charge in [-0.15, -0.1) is 0 Å². The number of allylic oxidation sites excluding steroid dienone is 6. The van der Waals surface area contributed by atoms with E-state index in [1.807, 2.05) is 18.2 Å². The SMILES string of the molecule is CCCCCCCc1ccc(C2CCC(C=CC3CCC(C=CC=CC#N)CC3)CC2)cc1. The van der Waals surface area contributed by atoms with Gasteiger partial charge in [-0.05, 0) is 99.0 Å². The first-order chi connectivity index (χ1) is 16.3. The summed E-state index contributed by atoms with van der Waals surface area (Å²) in [7, 11) is 0. The summed E-state index contributed by atoms with van der Waals surface area (Å²) >= 11 is 0. The average Bonchev–Trinajstić information content (AvgIpc) is 2.87. The van der Waals surface area contributed by atoms with Crippen LogP contribution in [0.4, 0.5) is 0 Å². The van der Waals surface area contributed by atoms with Crippen molar-refractivity contribution < 1.29 is 0 Å². The van der Waals surface area contributed by atoms with Gasteiger partial charge in [0.1, 0.15) is 0 Å². The molecule has 2 saturated carbocycles. The highest BCUT2D eigenvalue weighted by atomic mass is 14.3. The zero-order valence-electron chi connectivity index (χ0n) is 20.9. The normalized spacial score (nSPS) is 26.3. The van der Waals surface area contributed by atoms with E-state index in [0.29, 0.717) is 5.92 Å². The van der Waals surface area contributed by atoms with Gasteiger partial charge in [0.15, 0.2) is 0 Å². The van der Waals surface area contributed by atoms with E-state index in [4.69, 9.17) is 5.26 Å². The highest BCUT2D eigenvalue weighted by molar-refractivity contribution is 5.26. The van der Waals surface area contributed by atoms with Crippen LogP contribution in [-0.4, -0.2) is 0 Å². The summed E-state index contributed by atoms with van der Waals surface area (Å²) in [5, 5.41) is 8.55. The number of unbranched alkanes of at least 4 members (excludes halogenated alkanes) is 4. The van der Waals surface area contributed by atoms with Gasteiger partial charge < -0.3 is 0 Å². The van der Waals surface area contributed by atoms with Gasteiger partial charge in [-0.1, -0.05) is 87.3 Å². The molecule has 0 aliphatic heterocycles. The quantitative estimate of drug-likeness (QED) is 0.144. The fourth-order valence-electron chi connectivity index (χ4n) is 5.70. The van der Waals surface area contributed by atoms with Crippen LogP contribution >= 0.6 is 0 Å². The summed E-state index contributed by atoms with van der Waals surface area (Å²) in [4.78, 5) is 0. The van der Waals surface area contributed by atoms with Crippen LogP contribution in [0, 0.1) is 29.1 Å². The fourth-order valence-corrected chi connectivity index (χ4v) is 5.70. The van der Waals surface area contributed by atoms with Gasteiger partial charge in [0.25, 0.3) is 0 Å². The maximum absolute atomic E-state index is 8.55. The van der Waals surface area contributed by atoms with Gasteiger partial charge in [-0.3, -0.25) is 0 Å². The zero-order valence-corrected chi connectivity index (χ0v) is 20.9. The number of benzene rings is 1. The topological polar surface area (TPSA) is 23.8 Å². The summed E-state index contributed by atoms with van der Waals surface area (Å²) in [6, 6.07) is 11.7. The molecular weight excluding hydrogens is 398 g/mol. The van der Waals surface area contributed by atoms with Crippen molar-refractivity contribution in [3.63, 3.8) is 0 Å². The maximum atomic E-state index is 8.55. The van der Waals surface area contributed by atoms with Gasteiger partial charge >= 0.3 is 0 Å². The molecule has 0 amide bonds. The Balaban J connectivity index is 1.34. The van der Waals surface area contributed by atoms with Crippen molar-refractivity contribution in [3.05, 3.63) is 71.8 Å². The van der Waals surface area contributed by atoms with Crippen LogP contribution in [0.15, 0.2) is 60.7 Å². The number of nitriles is 1. The molecule has 0 atom stereocenters. The zero-order chi connectivity index (χ0) is 23.1. The minimum Gasteiger partial charge on any atom is -0.193 e. The molecule has 2 aliphatic carbocycles. The van der Waals surface area contributed by atoms with E-state index >= 15 is 0 Å². The monoisotopic (exact) mass is 443 g/mol. The largest absolute Gasteiger partial charge is 0.193 e. The van der Waals surface area contributed by atoms with E-state index in [2.05, 4.69) is 49.4 Å². The minimum atomic E-state index is 0.695. The van der Waals surface area contributed by atoms with Crippen molar-refractivity contribution in [3.8, 4) is 6.07 Å². The molecule has 1 nitrogen and oxygen atoms in total. The van der Waals surface area contributed by atoms with E-state index in [0.717, 1.165) is 17.8 Å². The molecule has 33 heavy (non-hydrogen) atoms. The second-order valence-electron chi connectivity index (χ2n) is 10.5. The van der Waals surface area contributed by atoms with Crippen LogP contribution < -0.4 is 0 Å². The number of aryl methyl sites for hydroxylation is 1. The maximum Gasteiger partial charge on any atom is 0.0912 e. The summed E-state index contributed by atoms with van der Waals surface area (Å²) in [6.07, 6.45) is 31.5. The van der Waals surface area contributed by atoms with Gasteiger partial charge in [0.05, 0.1) is 6.07 Å². The van der Waals surface area contributed by atoms with E-state index in [-0.39, 0.29) is 0 Å². The average molecular weight is 444 g/mol. The standard InChI is InChI=1S/C32H45N/c1-2-3-4-5-7-10-28-18-22-31(23-19-28)32-24-20-30(21-25-32)17-16-29-14-12-27(13-15-29)11-8-6-9-26-33/h6,8-9,11,16-19,22-23,27,29-30,32H,2-5,7,10,12-15,20-21,24-25H2,1H3. The molecule has 178 valence electrons. The van der Waals surface area contributed by atoms with Crippen molar-refractivity contribution >= 4 is 0 Å². The second kappa shape index (κ2) is 15.0. The van der Waals surface area contributed by atoms with E-state index in [9.17, 15) is 0 Å². The Morgan fingerprint density at radius 2 is 1.30 bits per heavy atom. The van der Waals surface area contributed by atoms with Crippen molar-refractivity contribution in [2.24, 2.45) is 17.8 Å². The van der Waals surface area contributed by atoms with Crippen molar-refractivity contribution in [1.29, 1.82) is 5.26 Å². The van der Waals surface area contributed by atoms with Crippen LogP contribution in [0.3, 0.4) is 0 Å². The lowest BCUT2D eigenvalue weighted by Crippen LogP contribution is -2.14. The van der Waals surface area contributed by atoms with E-state index in [1.165, 1.54) is 95.5 Å². The summed E-state index contributed by atoms with van der Waals surface area (Å²) in [5.74, 6) is 3.03. The first kappa shape index (κ1) is 25.6. The smallest absolute Gasteiger partial charge is 0.0912 e. The Labute approximate surface area is 203 Å². The molecule has 0 unspecified atom stereocenters. The Bertz CT molecular complexity index is 775. The highest BCUT2D eigenvalue weighted by Crippen LogP contribution is 2.37. The number of hydrogen-bond acceptors (Lipinski definition) is 1. The van der Waals surface area contributed by atoms with Gasteiger partial charge in [-0.2, -0.15) is 5.26 Å². The molecule has 0 radical (unpaired) electrons. The third kappa shape index (κ3) is 9.37. The third-order valence-corrected chi connectivity index (χ3v) is 7.93. The van der Waals surface area contributed by atoms with Crippen LogP contribution in [0.5, 0.6) is 0 Å². The summed E-state index contributed by atoms with van der Waals surface area (Å²) in [5.41, 5.74) is 3.10. The predicted molar refractivity (Wildman–Crippen MR) is 142 cm³/mol. The molecular formula is C32H45N. The Morgan fingerprint density at radius 3 is 1.91 bits per heavy atom. The molecule has 0 spiro atoms. The molecule has 0 heterocycles. The van der Waals surface area contributed by atoms with E-state index in [1.54, 1.807) is 11.6 Å². The summed E-state index contributed by atoms with van der Waals surface area (Å²) < 4.78 is 0. The first-order valence-electron chi connectivity index (χ1n) is 13.8. The first-order valence-corrected chi connectivity index (χ1v) is 13.8. The van der Waals surface area contributed by atoms with Gasteiger partial charge in [0.2, 0.25) is 0 Å². The minimum absolute atomic E-state index is 0.695. The molecule has 0 saturated heterocycles. The Hall–Kier alpha value is -2.07.